The van der Waals surface area contributed by atoms with Gasteiger partial charge in [0.25, 0.3) is 10.2 Å². The number of carbonyl (C=O) groups is 1. The van der Waals surface area contributed by atoms with Crippen LogP contribution in [0.3, 0.4) is 0 Å². The van der Waals surface area contributed by atoms with Crippen molar-refractivity contribution in [3.05, 3.63) is 50.3 Å². The molecule has 1 aromatic heterocycles. The number of aromatic nitrogens is 1. The third-order valence-corrected chi connectivity index (χ3v) is 4.55. The highest BCUT2D eigenvalue weighted by Gasteiger charge is 2.15. The summed E-state index contributed by atoms with van der Waals surface area (Å²) in [5.74, 6) is 0.922. The maximum Gasteiger partial charge on any atom is 0.294 e. The molecule has 0 bridgehead atoms. The van der Waals surface area contributed by atoms with E-state index in [9.17, 15) is 25.0 Å². The molecule has 11 nitrogen and oxygen atoms in total. The van der Waals surface area contributed by atoms with Crippen LogP contribution in [0, 0.1) is 20.2 Å². The Bertz CT molecular complexity index is 508. The molecule has 0 aliphatic heterocycles. The number of hydrogen-bond acceptors (Lipinski definition) is 11. The van der Waals surface area contributed by atoms with E-state index < -0.39 is 22.9 Å². The van der Waals surface area contributed by atoms with Gasteiger partial charge in [0.15, 0.2) is 6.29 Å². The van der Waals surface area contributed by atoms with Crippen LogP contribution in [-0.2, 0) is 14.4 Å². The molecule has 0 fully saturated rings. The van der Waals surface area contributed by atoms with Crippen LogP contribution in [0.25, 0.3) is 0 Å². The molecule has 0 amide bonds. The predicted octanol–water partition coefficient (Wildman–Crippen LogP) is 1.69. The van der Waals surface area contributed by atoms with Gasteiger partial charge >= 0.3 is 0 Å². The second-order valence-electron chi connectivity index (χ2n) is 3.97. The summed E-state index contributed by atoms with van der Waals surface area (Å²) in [6, 6.07) is 3.43. The number of aldehydes is 1. The molecule has 0 radical (unpaired) electrons. The van der Waals surface area contributed by atoms with E-state index in [-0.39, 0.29) is 5.75 Å². The molecule has 1 unspecified atom stereocenters. The van der Waals surface area contributed by atoms with Gasteiger partial charge in [0.05, 0.1) is 6.61 Å². The van der Waals surface area contributed by atoms with Crippen LogP contribution in [-0.4, -0.2) is 59.4 Å². The second kappa shape index (κ2) is 15.4. The van der Waals surface area contributed by atoms with E-state index in [2.05, 4.69) is 14.7 Å². The topological polar surface area (TPSA) is 144 Å². The highest BCUT2D eigenvalue weighted by atomic mass is 33.1. The fraction of sp³-hybridized carbons (Fsp3) is 0.500. The smallest absolute Gasteiger partial charge is 0.294 e. The molecular weight excluding hydrogens is 378 g/mol. The third-order valence-electron chi connectivity index (χ3n) is 2.13. The van der Waals surface area contributed by atoms with Gasteiger partial charge < -0.3 is 14.4 Å². The van der Waals surface area contributed by atoms with Crippen molar-refractivity contribution in [2.75, 3.05) is 31.8 Å². The number of carbonyl (C=O) groups excluding carboxylic acids is 1. The van der Waals surface area contributed by atoms with Crippen LogP contribution in [0.4, 0.5) is 0 Å². The first kappa shape index (κ1) is 22.9. The van der Waals surface area contributed by atoms with Gasteiger partial charge in [-0.25, -0.2) is 0 Å². The van der Waals surface area contributed by atoms with Gasteiger partial charge in [0.2, 0.25) is 0 Å². The Morgan fingerprint density at radius 1 is 1.32 bits per heavy atom. The molecule has 1 heterocycles. The monoisotopic (exact) mass is 395 g/mol. The van der Waals surface area contributed by atoms with Gasteiger partial charge in [-0.2, -0.15) is 0 Å². The van der Waals surface area contributed by atoms with Gasteiger partial charge in [-0.15, -0.1) is 20.2 Å². The standard InChI is InChI=1S/C6H12N2O7S2.C6H5NO/c1-13-2-3-16-17-5-6(15-8(11)12)4-14-7(9)10;8-5-6-2-1-3-7-4-6/h6H,2-5H2,1H3;1-5H. The summed E-state index contributed by atoms with van der Waals surface area (Å²) in [5, 5.41) is 18.0. The summed E-state index contributed by atoms with van der Waals surface area (Å²) in [7, 11) is 4.30. The van der Waals surface area contributed by atoms with Crippen LogP contribution in [0.15, 0.2) is 24.5 Å². The van der Waals surface area contributed by atoms with Crippen molar-refractivity contribution in [2.45, 2.75) is 6.10 Å². The zero-order valence-corrected chi connectivity index (χ0v) is 14.8. The molecule has 1 atom stereocenters. The zero-order valence-electron chi connectivity index (χ0n) is 13.2. The van der Waals surface area contributed by atoms with Crippen molar-refractivity contribution in [3.63, 3.8) is 0 Å². The molecule has 1 aromatic rings. The van der Waals surface area contributed by atoms with Crippen LogP contribution in [0.2, 0.25) is 0 Å². The van der Waals surface area contributed by atoms with Crippen LogP contribution < -0.4 is 0 Å². The van der Waals surface area contributed by atoms with E-state index >= 15 is 0 Å². The minimum absolute atomic E-state index is 0.212. The SMILES string of the molecule is COCCSSCC(CO[N+](=O)[O-])O[N+](=O)[O-].O=Cc1cccnc1. The van der Waals surface area contributed by atoms with Gasteiger partial charge in [0.1, 0.15) is 12.7 Å². The lowest BCUT2D eigenvalue weighted by Gasteiger charge is -2.12. The summed E-state index contributed by atoms with van der Waals surface area (Å²) in [5.41, 5.74) is 0.618. The van der Waals surface area contributed by atoms with Crippen LogP contribution >= 0.6 is 21.6 Å². The molecule has 0 spiro atoms. The average Bonchev–Trinajstić information content (AvgIpc) is 2.60. The first-order valence-electron chi connectivity index (χ1n) is 6.66. The molecule has 0 saturated carbocycles. The minimum Gasteiger partial charge on any atom is -0.384 e. The Hall–Kier alpha value is -2.12. The molecule has 0 N–H and O–H groups in total. The van der Waals surface area contributed by atoms with Crippen molar-refractivity contribution in [3.8, 4) is 0 Å². The molecular formula is C12H17N3O8S2. The van der Waals surface area contributed by atoms with E-state index in [4.69, 9.17) is 4.74 Å². The Balaban J connectivity index is 0.000000593. The molecule has 140 valence electrons. The largest absolute Gasteiger partial charge is 0.384 e. The van der Waals surface area contributed by atoms with Crippen molar-refractivity contribution in [1.82, 2.24) is 4.98 Å². The normalized spacial score (nSPS) is 10.8. The summed E-state index contributed by atoms with van der Waals surface area (Å²) in [6.45, 7) is 0.0929. The van der Waals surface area contributed by atoms with Gasteiger partial charge in [-0.1, -0.05) is 21.6 Å². The summed E-state index contributed by atoms with van der Waals surface area (Å²) in [6.07, 6.45) is 2.96. The van der Waals surface area contributed by atoms with Gasteiger partial charge in [0, 0.05) is 36.6 Å². The van der Waals surface area contributed by atoms with Crippen molar-refractivity contribution in [2.24, 2.45) is 0 Å². The zero-order chi connectivity index (χ0) is 18.9. The number of ether oxygens (including phenoxy) is 1. The molecule has 0 aliphatic rings. The van der Waals surface area contributed by atoms with E-state index in [0.29, 0.717) is 17.9 Å². The molecule has 0 aliphatic carbocycles. The lowest BCUT2D eigenvalue weighted by atomic mass is 10.3. The summed E-state index contributed by atoms with van der Waals surface area (Å²) in [4.78, 5) is 42.0. The Labute approximate surface area is 151 Å². The number of pyridine rings is 1. The Kier molecular flexibility index (Phi) is 14.1. The number of hydrogen-bond donors (Lipinski definition) is 0. The van der Waals surface area contributed by atoms with E-state index in [1.54, 1.807) is 25.4 Å². The average molecular weight is 395 g/mol. The maximum atomic E-state index is 10.1. The van der Waals surface area contributed by atoms with E-state index in [1.807, 2.05) is 0 Å². The first-order valence-corrected chi connectivity index (χ1v) is 9.15. The minimum atomic E-state index is -1.01. The molecule has 0 saturated heterocycles. The van der Waals surface area contributed by atoms with E-state index in [1.165, 1.54) is 27.8 Å². The molecule has 0 aromatic carbocycles. The molecule has 25 heavy (non-hydrogen) atoms. The lowest BCUT2D eigenvalue weighted by molar-refractivity contribution is -0.788. The second-order valence-corrected chi connectivity index (χ2v) is 6.60. The van der Waals surface area contributed by atoms with Crippen molar-refractivity contribution >= 4 is 27.9 Å². The fourth-order valence-corrected chi connectivity index (χ4v) is 3.18. The van der Waals surface area contributed by atoms with Crippen LogP contribution in [0.1, 0.15) is 10.4 Å². The Morgan fingerprint density at radius 3 is 2.56 bits per heavy atom. The highest BCUT2D eigenvalue weighted by molar-refractivity contribution is 8.76. The number of methoxy groups -OCH3 is 1. The summed E-state index contributed by atoms with van der Waals surface area (Å²) < 4.78 is 4.80. The molecule has 13 heteroatoms. The van der Waals surface area contributed by atoms with Gasteiger partial charge in [-0.05, 0) is 12.1 Å². The molecule has 1 rings (SSSR count). The van der Waals surface area contributed by atoms with Crippen molar-refractivity contribution in [1.29, 1.82) is 0 Å². The van der Waals surface area contributed by atoms with E-state index in [0.717, 1.165) is 6.29 Å². The van der Waals surface area contributed by atoms with Gasteiger partial charge in [-0.3, -0.25) is 9.78 Å². The number of rotatable bonds is 12. The highest BCUT2D eigenvalue weighted by Crippen LogP contribution is 2.22. The van der Waals surface area contributed by atoms with Crippen molar-refractivity contribution < 1.29 is 29.4 Å². The summed E-state index contributed by atoms with van der Waals surface area (Å²) >= 11 is 0. The maximum absolute atomic E-state index is 10.1. The van der Waals surface area contributed by atoms with Crippen LogP contribution in [0.5, 0.6) is 0 Å². The predicted molar refractivity (Wildman–Crippen MR) is 91.2 cm³/mol. The lowest BCUT2D eigenvalue weighted by Crippen LogP contribution is -2.26. The first-order chi connectivity index (χ1) is 12.0. The Morgan fingerprint density at radius 2 is 2.08 bits per heavy atom. The third kappa shape index (κ3) is 15.2. The quantitative estimate of drug-likeness (QED) is 0.167. The number of nitrogens with zero attached hydrogens (tertiary/aromatic N) is 3. The fourth-order valence-electron chi connectivity index (χ4n) is 1.12.